The van der Waals surface area contributed by atoms with Gasteiger partial charge in [-0.25, -0.2) is 20.6 Å². The molecular formula is C33H58N10O7. The van der Waals surface area contributed by atoms with E-state index in [9.17, 15) is 34.2 Å². The Balaban J connectivity index is 2.77. The van der Waals surface area contributed by atoms with Crippen molar-refractivity contribution in [2.45, 2.75) is 110 Å². The molecule has 0 radical (unpaired) electrons. The number of aromatic hydroxyl groups is 1. The van der Waals surface area contributed by atoms with Gasteiger partial charge in [0.05, 0.1) is 12.1 Å². The Morgan fingerprint density at radius 1 is 0.840 bits per heavy atom. The Bertz CT molecular complexity index is 1240. The fourth-order valence-electron chi connectivity index (χ4n) is 5.18. The number of carbonyl (C=O) groups is 5. The van der Waals surface area contributed by atoms with Crippen LogP contribution in [0.15, 0.2) is 18.6 Å². The summed E-state index contributed by atoms with van der Waals surface area (Å²) in [5.41, 5.74) is 12.0. The molecule has 17 nitrogen and oxygen atoms in total. The summed E-state index contributed by atoms with van der Waals surface area (Å²) in [6.07, 6.45) is 9.27. The van der Waals surface area contributed by atoms with Crippen molar-refractivity contribution in [3.63, 3.8) is 0 Å². The third-order valence-corrected chi connectivity index (χ3v) is 7.81. The van der Waals surface area contributed by atoms with Crippen LogP contribution >= 0.6 is 0 Å². The lowest BCUT2D eigenvalue weighted by Gasteiger charge is -2.26. The van der Waals surface area contributed by atoms with Crippen LogP contribution in [0.2, 0.25) is 0 Å². The SMILES string of the molecule is CCCN(CCC)CCCC[C@H](NC(=O)[C@@H](NC(=O)CCCCCN(N)/C=C(\N)c1cnc(O)nc1)C(C)C)C(=O)NC(CC(N)=O)C(=O)O. The minimum Gasteiger partial charge on any atom is -0.480 e. The van der Waals surface area contributed by atoms with Crippen molar-refractivity contribution in [3.05, 3.63) is 24.2 Å². The minimum absolute atomic E-state index is 0.160. The number of unbranched alkanes of at least 4 members (excludes halogenated alkanes) is 3. The van der Waals surface area contributed by atoms with Crippen molar-refractivity contribution in [1.29, 1.82) is 0 Å². The highest BCUT2D eigenvalue weighted by Gasteiger charge is 2.31. The van der Waals surface area contributed by atoms with E-state index >= 15 is 0 Å². The van der Waals surface area contributed by atoms with Crippen LogP contribution in [-0.2, 0) is 24.0 Å². The summed E-state index contributed by atoms with van der Waals surface area (Å²) < 4.78 is 0. The molecule has 1 rings (SSSR count). The van der Waals surface area contributed by atoms with Crippen LogP contribution in [0, 0.1) is 5.92 Å². The van der Waals surface area contributed by atoms with Gasteiger partial charge in [-0.3, -0.25) is 19.2 Å². The van der Waals surface area contributed by atoms with Gasteiger partial charge in [0.2, 0.25) is 23.6 Å². The molecule has 17 heteroatoms. The Morgan fingerprint density at radius 2 is 1.44 bits per heavy atom. The molecule has 1 unspecified atom stereocenters. The van der Waals surface area contributed by atoms with Gasteiger partial charge in [0.15, 0.2) is 0 Å². The van der Waals surface area contributed by atoms with Crippen LogP contribution < -0.4 is 33.3 Å². The molecule has 0 saturated heterocycles. The van der Waals surface area contributed by atoms with Crippen LogP contribution in [0.4, 0.5) is 0 Å². The van der Waals surface area contributed by atoms with E-state index in [-0.39, 0.29) is 30.7 Å². The van der Waals surface area contributed by atoms with E-state index in [4.69, 9.17) is 17.3 Å². The molecule has 11 N–H and O–H groups in total. The molecule has 0 fully saturated rings. The number of amides is 4. The number of carboxylic acids is 1. The lowest BCUT2D eigenvalue weighted by molar-refractivity contribution is -0.143. The maximum atomic E-state index is 13.4. The minimum atomic E-state index is -1.54. The van der Waals surface area contributed by atoms with Gasteiger partial charge >= 0.3 is 12.0 Å². The number of nitrogens with zero attached hydrogens (tertiary/aromatic N) is 4. The number of primary amides is 1. The van der Waals surface area contributed by atoms with Gasteiger partial charge in [0.25, 0.3) is 0 Å². The standard InChI is InChI=1S/C33H58N10O7/c1-5-14-42(15-6-2)16-11-9-12-25(30(46)40-26(32(48)49)18-27(35)44)39-31(47)29(22(3)4)41-28(45)13-8-7-10-17-43(36)21-24(34)23-19-37-33(50)38-20-23/h19-22,25-26,29H,5-18,34,36H2,1-4H3,(H2,35,44)(H,39,47)(H,40,46)(H,41,45)(H,48,49)(H,37,38,50)/b24-21-/t25-,26?,29-/m0/s1. The van der Waals surface area contributed by atoms with E-state index in [0.717, 1.165) is 38.9 Å². The summed E-state index contributed by atoms with van der Waals surface area (Å²) in [4.78, 5) is 72.3. The normalized spacial score (nSPS) is 13.4. The number of carboxylic acid groups (broad SMARTS) is 1. The van der Waals surface area contributed by atoms with Crippen LogP contribution in [0.3, 0.4) is 0 Å². The van der Waals surface area contributed by atoms with E-state index in [2.05, 4.69) is 44.7 Å². The monoisotopic (exact) mass is 706 g/mol. The zero-order valence-corrected chi connectivity index (χ0v) is 29.9. The first-order chi connectivity index (χ1) is 23.7. The Kier molecular flexibility index (Phi) is 20.7. The Hall–Kier alpha value is -4.51. The van der Waals surface area contributed by atoms with Crippen molar-refractivity contribution in [3.8, 4) is 6.01 Å². The highest BCUT2D eigenvalue weighted by molar-refractivity contribution is 5.94. The zero-order valence-electron chi connectivity index (χ0n) is 29.9. The van der Waals surface area contributed by atoms with Gasteiger partial charge in [-0.2, -0.15) is 0 Å². The third-order valence-electron chi connectivity index (χ3n) is 7.81. The molecule has 0 aromatic carbocycles. The number of carbonyl (C=O) groups excluding carboxylic acids is 4. The summed E-state index contributed by atoms with van der Waals surface area (Å²) in [5.74, 6) is 1.71. The molecule has 0 spiro atoms. The van der Waals surface area contributed by atoms with Gasteiger partial charge in [0, 0.05) is 37.1 Å². The van der Waals surface area contributed by atoms with Crippen molar-refractivity contribution in [1.82, 2.24) is 35.8 Å². The predicted octanol–water partition coefficient (Wildman–Crippen LogP) is 0.538. The highest BCUT2D eigenvalue weighted by Crippen LogP contribution is 2.11. The molecule has 1 aromatic rings. The number of aromatic nitrogens is 2. The van der Waals surface area contributed by atoms with Crippen molar-refractivity contribution in [2.24, 2.45) is 23.2 Å². The van der Waals surface area contributed by atoms with Gasteiger partial charge in [-0.15, -0.1) is 0 Å². The first-order valence-electron chi connectivity index (χ1n) is 17.3. The second-order valence-corrected chi connectivity index (χ2v) is 12.7. The van der Waals surface area contributed by atoms with E-state index in [1.807, 2.05) is 0 Å². The quantitative estimate of drug-likeness (QED) is 0.0372. The third kappa shape index (κ3) is 17.8. The largest absolute Gasteiger partial charge is 0.480 e. The zero-order chi connectivity index (χ0) is 37.6. The smallest absolute Gasteiger partial charge is 0.326 e. The molecule has 0 bridgehead atoms. The van der Waals surface area contributed by atoms with Gasteiger partial charge in [0.1, 0.15) is 18.1 Å². The highest BCUT2D eigenvalue weighted by atomic mass is 16.4. The summed E-state index contributed by atoms with van der Waals surface area (Å²) in [5, 5.41) is 27.9. The molecule has 4 amide bonds. The summed E-state index contributed by atoms with van der Waals surface area (Å²) >= 11 is 0. The predicted molar refractivity (Wildman–Crippen MR) is 188 cm³/mol. The molecule has 1 aromatic heterocycles. The number of hydrogen-bond donors (Lipinski definition) is 8. The molecule has 3 atom stereocenters. The lowest BCUT2D eigenvalue weighted by atomic mass is 10.0. The number of hydrazine groups is 1. The second-order valence-electron chi connectivity index (χ2n) is 12.7. The van der Waals surface area contributed by atoms with Crippen LogP contribution in [0.1, 0.15) is 97.5 Å². The number of nitrogens with one attached hydrogen (secondary N) is 3. The topological polar surface area (TPSA) is 272 Å². The van der Waals surface area contributed by atoms with E-state index in [0.29, 0.717) is 43.5 Å². The van der Waals surface area contributed by atoms with Crippen LogP contribution in [-0.4, -0.2) is 104 Å². The van der Waals surface area contributed by atoms with Crippen LogP contribution in [0.5, 0.6) is 6.01 Å². The first-order valence-corrected chi connectivity index (χ1v) is 17.3. The molecule has 0 aliphatic rings. The molecule has 50 heavy (non-hydrogen) atoms. The number of aliphatic carboxylic acids is 1. The maximum absolute atomic E-state index is 13.4. The van der Waals surface area contributed by atoms with E-state index < -0.39 is 48.2 Å². The molecule has 0 aliphatic heterocycles. The van der Waals surface area contributed by atoms with E-state index in [1.165, 1.54) is 23.6 Å². The van der Waals surface area contributed by atoms with Gasteiger partial charge in [-0.1, -0.05) is 34.1 Å². The second kappa shape index (κ2) is 23.8. The Labute approximate surface area is 294 Å². The molecule has 0 aliphatic carbocycles. The van der Waals surface area contributed by atoms with E-state index in [1.54, 1.807) is 13.8 Å². The molecule has 0 saturated carbocycles. The summed E-state index contributed by atoms with van der Waals surface area (Å²) in [6.45, 7) is 10.9. The maximum Gasteiger partial charge on any atom is 0.326 e. The molecule has 282 valence electrons. The fourth-order valence-corrected chi connectivity index (χ4v) is 5.18. The van der Waals surface area contributed by atoms with Crippen molar-refractivity contribution < 1.29 is 34.2 Å². The summed E-state index contributed by atoms with van der Waals surface area (Å²) in [6, 6.07) is -3.94. The van der Waals surface area contributed by atoms with Crippen molar-refractivity contribution in [2.75, 3.05) is 26.2 Å². The number of nitrogens with two attached hydrogens (primary N) is 3. The fraction of sp³-hybridized carbons (Fsp3) is 0.667. The van der Waals surface area contributed by atoms with Gasteiger partial charge < -0.3 is 47.5 Å². The average Bonchev–Trinajstić information content (AvgIpc) is 3.04. The molecule has 1 heterocycles. The first kappa shape index (κ1) is 43.5. The lowest BCUT2D eigenvalue weighted by Crippen LogP contribution is -2.57. The number of rotatable bonds is 26. The van der Waals surface area contributed by atoms with Crippen molar-refractivity contribution >= 4 is 35.3 Å². The summed E-state index contributed by atoms with van der Waals surface area (Å²) in [7, 11) is 0. The Morgan fingerprint density at radius 3 is 2.00 bits per heavy atom. The van der Waals surface area contributed by atoms with Crippen LogP contribution in [0.25, 0.3) is 5.70 Å². The average molecular weight is 707 g/mol. The number of hydrogen-bond acceptors (Lipinski definition) is 12. The van der Waals surface area contributed by atoms with Gasteiger partial charge in [-0.05, 0) is 70.5 Å². The molecular weight excluding hydrogens is 648 g/mol.